The normalized spacial score (nSPS) is 10.7. The summed E-state index contributed by atoms with van der Waals surface area (Å²) in [6.45, 7) is 2.05. The Morgan fingerprint density at radius 3 is 3.09 bits per heavy atom. The quantitative estimate of drug-likeness (QED) is 0.653. The third-order valence-corrected chi connectivity index (χ3v) is 2.59. The number of aryl methyl sites for hydroxylation is 1. The van der Waals surface area contributed by atoms with E-state index in [4.69, 9.17) is 0 Å². The Morgan fingerprint density at radius 1 is 1.45 bits per heavy atom. The van der Waals surface area contributed by atoms with Gasteiger partial charge in [0.2, 0.25) is 0 Å². The summed E-state index contributed by atoms with van der Waals surface area (Å²) in [5, 5.41) is 0. The van der Waals surface area contributed by atoms with Gasteiger partial charge in [0.15, 0.2) is 0 Å². The van der Waals surface area contributed by atoms with Crippen molar-refractivity contribution in [3.63, 3.8) is 0 Å². The van der Waals surface area contributed by atoms with Crippen molar-refractivity contribution >= 4 is 21.6 Å². The molecule has 2 heterocycles. The first-order valence-corrected chi connectivity index (χ1v) is 4.16. The number of pyridine rings is 1. The van der Waals surface area contributed by atoms with Gasteiger partial charge < -0.3 is 4.40 Å². The highest BCUT2D eigenvalue weighted by atomic mass is 79.9. The van der Waals surface area contributed by atoms with Crippen LogP contribution < -0.4 is 0 Å². The second-order valence-corrected chi connectivity index (χ2v) is 3.28. The van der Waals surface area contributed by atoms with E-state index in [1.54, 1.807) is 6.20 Å². The lowest BCUT2D eigenvalue weighted by molar-refractivity contribution is 1.08. The summed E-state index contributed by atoms with van der Waals surface area (Å²) in [6, 6.07) is 3.99. The van der Waals surface area contributed by atoms with Gasteiger partial charge in [-0.3, -0.25) is 0 Å². The molecule has 0 bridgehead atoms. The minimum Gasteiger partial charge on any atom is -0.303 e. The lowest BCUT2D eigenvalue weighted by atomic mass is 10.4. The van der Waals surface area contributed by atoms with Gasteiger partial charge >= 0.3 is 0 Å². The van der Waals surface area contributed by atoms with Gasteiger partial charge in [0, 0.05) is 22.6 Å². The largest absolute Gasteiger partial charge is 0.303 e. The summed E-state index contributed by atoms with van der Waals surface area (Å²) in [5.41, 5.74) is 2.17. The van der Waals surface area contributed by atoms with Crippen molar-refractivity contribution < 1.29 is 0 Å². The molecule has 0 aliphatic carbocycles. The molecule has 0 spiro atoms. The highest BCUT2D eigenvalue weighted by molar-refractivity contribution is 9.10. The molecule has 0 aromatic carbocycles. The van der Waals surface area contributed by atoms with E-state index in [1.807, 2.05) is 22.7 Å². The van der Waals surface area contributed by atoms with E-state index < -0.39 is 0 Å². The Kier molecular flexibility index (Phi) is 1.46. The van der Waals surface area contributed by atoms with E-state index >= 15 is 0 Å². The molecule has 0 N–H and O–H groups in total. The van der Waals surface area contributed by atoms with Crippen molar-refractivity contribution in [2.75, 3.05) is 0 Å². The molecule has 0 amide bonds. The fraction of sp³-hybridized carbons (Fsp3) is 0.125. The van der Waals surface area contributed by atoms with E-state index in [0.717, 1.165) is 10.1 Å². The van der Waals surface area contributed by atoms with E-state index in [1.165, 1.54) is 5.69 Å². The van der Waals surface area contributed by atoms with E-state index in [9.17, 15) is 0 Å². The molecule has 0 radical (unpaired) electrons. The van der Waals surface area contributed by atoms with Crippen LogP contribution in [-0.2, 0) is 0 Å². The van der Waals surface area contributed by atoms with Gasteiger partial charge in [0.05, 0.1) is 0 Å². The lowest BCUT2D eigenvalue weighted by Crippen LogP contribution is -1.89. The minimum atomic E-state index is 0.991. The molecule has 0 fully saturated rings. The molecule has 2 nitrogen and oxygen atoms in total. The van der Waals surface area contributed by atoms with Crippen molar-refractivity contribution in [2.45, 2.75) is 6.92 Å². The maximum absolute atomic E-state index is 4.16. The monoisotopic (exact) mass is 210 g/mol. The van der Waals surface area contributed by atoms with Crippen LogP contribution in [0, 0.1) is 6.92 Å². The average molecular weight is 211 g/mol. The number of rotatable bonds is 0. The molecular weight excluding hydrogens is 204 g/mol. The molecule has 0 aliphatic rings. The second kappa shape index (κ2) is 2.34. The fourth-order valence-electron chi connectivity index (χ4n) is 1.11. The number of imidazole rings is 1. The highest BCUT2D eigenvalue weighted by Crippen LogP contribution is 2.16. The van der Waals surface area contributed by atoms with Gasteiger partial charge in [0.25, 0.3) is 0 Å². The van der Waals surface area contributed by atoms with Gasteiger partial charge in [0.1, 0.15) is 5.65 Å². The van der Waals surface area contributed by atoms with Crippen LogP contribution in [0.1, 0.15) is 5.69 Å². The topological polar surface area (TPSA) is 17.3 Å². The van der Waals surface area contributed by atoms with Crippen LogP contribution >= 0.6 is 15.9 Å². The van der Waals surface area contributed by atoms with Crippen LogP contribution in [0.25, 0.3) is 5.65 Å². The van der Waals surface area contributed by atoms with Crippen LogP contribution in [0.4, 0.5) is 0 Å². The zero-order valence-electron chi connectivity index (χ0n) is 6.08. The predicted octanol–water partition coefficient (Wildman–Crippen LogP) is 2.41. The van der Waals surface area contributed by atoms with Crippen LogP contribution in [-0.4, -0.2) is 9.38 Å². The van der Waals surface area contributed by atoms with E-state index in [2.05, 4.69) is 27.8 Å². The molecule has 3 heteroatoms. The molecule has 2 rings (SSSR count). The third kappa shape index (κ3) is 0.959. The number of hydrogen-bond donors (Lipinski definition) is 0. The van der Waals surface area contributed by atoms with Gasteiger partial charge in [-0.1, -0.05) is 0 Å². The molecule has 11 heavy (non-hydrogen) atoms. The van der Waals surface area contributed by atoms with E-state index in [-0.39, 0.29) is 0 Å². The first kappa shape index (κ1) is 6.85. The Morgan fingerprint density at radius 2 is 2.27 bits per heavy atom. The fourth-order valence-corrected chi connectivity index (χ4v) is 1.43. The van der Waals surface area contributed by atoms with Gasteiger partial charge in [-0.05, 0) is 35.0 Å². The summed E-state index contributed by atoms with van der Waals surface area (Å²) in [7, 11) is 0. The first-order chi connectivity index (χ1) is 5.29. The molecule has 0 saturated carbocycles. The Labute approximate surface area is 73.0 Å². The number of halogens is 1. The van der Waals surface area contributed by atoms with Crippen molar-refractivity contribution in [1.29, 1.82) is 0 Å². The predicted molar refractivity (Wildman–Crippen MR) is 47.6 cm³/mol. The summed E-state index contributed by atoms with van der Waals surface area (Å²) in [5.74, 6) is 0. The molecule has 0 aliphatic heterocycles. The van der Waals surface area contributed by atoms with E-state index in [0.29, 0.717) is 0 Å². The Bertz CT molecular complexity index is 392. The van der Waals surface area contributed by atoms with Crippen molar-refractivity contribution in [2.24, 2.45) is 0 Å². The Hall–Kier alpha value is -0.830. The summed E-state index contributed by atoms with van der Waals surface area (Å²) in [6.07, 6.45) is 3.75. The summed E-state index contributed by atoms with van der Waals surface area (Å²) < 4.78 is 3.16. The molecule has 56 valence electrons. The van der Waals surface area contributed by atoms with Crippen LogP contribution in [0.5, 0.6) is 0 Å². The van der Waals surface area contributed by atoms with Crippen molar-refractivity contribution in [3.05, 3.63) is 34.7 Å². The number of fused-ring (bicyclic) bond motifs is 1. The molecular formula is C8H7BrN2. The van der Waals surface area contributed by atoms with Crippen LogP contribution in [0.3, 0.4) is 0 Å². The molecule has 0 saturated heterocycles. The molecule has 0 unspecified atom stereocenters. The molecule has 2 aromatic heterocycles. The average Bonchev–Trinajstić information content (AvgIpc) is 2.45. The Balaban J connectivity index is 2.93. The number of nitrogens with zero attached hydrogens (tertiary/aromatic N) is 2. The molecule has 0 atom stereocenters. The van der Waals surface area contributed by atoms with Crippen molar-refractivity contribution in [1.82, 2.24) is 9.38 Å². The zero-order valence-corrected chi connectivity index (χ0v) is 7.67. The molecule has 2 aromatic rings. The van der Waals surface area contributed by atoms with Crippen LogP contribution in [0.2, 0.25) is 0 Å². The third-order valence-electron chi connectivity index (χ3n) is 1.76. The minimum absolute atomic E-state index is 0.991. The first-order valence-electron chi connectivity index (χ1n) is 3.37. The summed E-state index contributed by atoms with van der Waals surface area (Å²) >= 11 is 3.45. The number of aromatic nitrogens is 2. The lowest BCUT2D eigenvalue weighted by Gasteiger charge is -2.00. The van der Waals surface area contributed by atoms with Crippen LogP contribution in [0.15, 0.2) is 29.0 Å². The highest BCUT2D eigenvalue weighted by Gasteiger charge is 1.98. The van der Waals surface area contributed by atoms with Gasteiger partial charge in [-0.25, -0.2) is 4.98 Å². The van der Waals surface area contributed by atoms with Crippen molar-refractivity contribution in [3.8, 4) is 0 Å². The maximum Gasteiger partial charge on any atom is 0.136 e. The SMILES string of the molecule is Cc1c(Br)ccc2nccn12. The number of hydrogen-bond acceptors (Lipinski definition) is 1. The van der Waals surface area contributed by atoms with Gasteiger partial charge in [-0.15, -0.1) is 0 Å². The smallest absolute Gasteiger partial charge is 0.136 e. The summed E-state index contributed by atoms with van der Waals surface area (Å²) in [4.78, 5) is 4.16. The second-order valence-electron chi connectivity index (χ2n) is 2.42. The standard InChI is InChI=1S/C8H7BrN2/c1-6-7(9)2-3-8-10-4-5-11(6)8/h2-5H,1H3. The zero-order chi connectivity index (χ0) is 7.84. The maximum atomic E-state index is 4.16. The van der Waals surface area contributed by atoms with Gasteiger partial charge in [-0.2, -0.15) is 0 Å².